The quantitative estimate of drug-likeness (QED) is 0.165. The predicted molar refractivity (Wildman–Crippen MR) is 217 cm³/mol. The van der Waals surface area contributed by atoms with E-state index in [0.717, 1.165) is 61.3 Å². The lowest BCUT2D eigenvalue weighted by Gasteiger charge is -2.26. The zero-order valence-electron chi connectivity index (χ0n) is 27.5. The SMILES string of the molecule is c1ccc(N(c2ccccc2)c2ccc3c(c2)c2ncccc2c2c3sc3cc(N(c4ccccc4)c4ccccc4)c4ncccc4c32)cc1. The molecule has 4 nitrogen and oxygen atoms in total. The summed E-state index contributed by atoms with van der Waals surface area (Å²) in [4.78, 5) is 14.8. The van der Waals surface area contributed by atoms with Crippen LogP contribution in [-0.4, -0.2) is 9.97 Å². The number of para-hydroxylation sites is 4. The van der Waals surface area contributed by atoms with E-state index in [4.69, 9.17) is 9.97 Å². The number of hydrogen-bond donors (Lipinski definition) is 0. The fraction of sp³-hybridized carbons (Fsp3) is 0. The minimum atomic E-state index is 0.964. The van der Waals surface area contributed by atoms with E-state index >= 15 is 0 Å². The van der Waals surface area contributed by atoms with Crippen LogP contribution >= 0.6 is 11.3 Å². The van der Waals surface area contributed by atoms with Gasteiger partial charge >= 0.3 is 0 Å². The van der Waals surface area contributed by atoms with Crippen molar-refractivity contribution < 1.29 is 0 Å². The van der Waals surface area contributed by atoms with Crippen LogP contribution in [0.4, 0.5) is 34.1 Å². The number of fused-ring (bicyclic) bond motifs is 10. The van der Waals surface area contributed by atoms with Gasteiger partial charge in [-0.25, -0.2) is 0 Å². The molecule has 0 unspecified atom stereocenters. The minimum absolute atomic E-state index is 0.964. The summed E-state index contributed by atoms with van der Waals surface area (Å²) in [5.74, 6) is 0. The molecule has 0 aliphatic carbocycles. The largest absolute Gasteiger partial charge is 0.310 e. The number of nitrogens with zero attached hydrogens (tertiary/aromatic N) is 4. The van der Waals surface area contributed by atoms with Crippen molar-refractivity contribution in [2.45, 2.75) is 0 Å². The molecule has 3 aromatic heterocycles. The van der Waals surface area contributed by atoms with Crippen molar-refractivity contribution in [3.8, 4) is 0 Å². The molecule has 0 spiro atoms. The van der Waals surface area contributed by atoms with E-state index in [9.17, 15) is 0 Å². The summed E-state index contributed by atoms with van der Waals surface area (Å²) in [7, 11) is 0. The van der Waals surface area contributed by atoms with E-state index in [2.05, 4.69) is 180 Å². The van der Waals surface area contributed by atoms with E-state index in [1.54, 1.807) is 0 Å². The van der Waals surface area contributed by atoms with Gasteiger partial charge in [0.1, 0.15) is 0 Å². The molecule has 0 amide bonds. The summed E-state index contributed by atoms with van der Waals surface area (Å²) < 4.78 is 2.47. The van der Waals surface area contributed by atoms with Gasteiger partial charge in [0.2, 0.25) is 0 Å². The van der Waals surface area contributed by atoms with Gasteiger partial charge in [-0.05, 0) is 78.9 Å². The van der Waals surface area contributed by atoms with Crippen molar-refractivity contribution in [3.05, 3.63) is 182 Å². The Labute approximate surface area is 299 Å². The van der Waals surface area contributed by atoms with E-state index in [1.807, 2.05) is 23.7 Å². The van der Waals surface area contributed by atoms with Crippen molar-refractivity contribution >= 4 is 98.2 Å². The Morgan fingerprint density at radius 2 is 0.882 bits per heavy atom. The van der Waals surface area contributed by atoms with Gasteiger partial charge in [0.25, 0.3) is 0 Å². The molecule has 0 saturated heterocycles. The van der Waals surface area contributed by atoms with Gasteiger partial charge < -0.3 is 9.80 Å². The predicted octanol–water partition coefficient (Wildman–Crippen LogP) is 13.2. The number of pyridine rings is 2. The van der Waals surface area contributed by atoms with Crippen LogP contribution in [0.15, 0.2) is 182 Å². The molecule has 0 aliphatic heterocycles. The molecule has 0 atom stereocenters. The lowest BCUT2D eigenvalue weighted by Crippen LogP contribution is -2.10. The Morgan fingerprint density at radius 3 is 1.45 bits per heavy atom. The summed E-state index contributed by atoms with van der Waals surface area (Å²) in [5, 5.41) is 7.07. The number of aromatic nitrogens is 2. The Kier molecular flexibility index (Phi) is 6.96. The molecule has 0 aliphatic rings. The summed E-state index contributed by atoms with van der Waals surface area (Å²) in [6, 6.07) is 60.0. The highest BCUT2D eigenvalue weighted by Crippen LogP contribution is 2.50. The second-order valence-corrected chi connectivity index (χ2v) is 13.7. The molecule has 3 heterocycles. The molecular weight excluding hydrogens is 641 g/mol. The Morgan fingerprint density at radius 1 is 0.373 bits per heavy atom. The van der Waals surface area contributed by atoms with Crippen molar-refractivity contribution in [2.24, 2.45) is 0 Å². The van der Waals surface area contributed by atoms with Crippen LogP contribution in [0.1, 0.15) is 0 Å². The fourth-order valence-corrected chi connectivity index (χ4v) is 8.81. The molecule has 0 N–H and O–H groups in total. The van der Waals surface area contributed by atoms with Crippen LogP contribution < -0.4 is 9.80 Å². The first-order chi connectivity index (χ1) is 25.3. The normalized spacial score (nSPS) is 11.5. The van der Waals surface area contributed by atoms with Crippen molar-refractivity contribution in [3.63, 3.8) is 0 Å². The molecule has 7 aromatic carbocycles. The molecular formula is C46H30N4S. The first-order valence-electron chi connectivity index (χ1n) is 17.1. The Bertz CT molecular complexity index is 2780. The van der Waals surface area contributed by atoms with Crippen LogP contribution in [0.2, 0.25) is 0 Å². The third-order valence-corrected chi connectivity index (χ3v) is 10.8. The summed E-state index contributed by atoms with van der Waals surface area (Å²) in [5.41, 5.74) is 8.50. The maximum atomic E-state index is 5.06. The van der Waals surface area contributed by atoms with Crippen molar-refractivity contribution in [2.75, 3.05) is 9.80 Å². The van der Waals surface area contributed by atoms with Crippen molar-refractivity contribution in [1.82, 2.24) is 9.97 Å². The monoisotopic (exact) mass is 670 g/mol. The van der Waals surface area contributed by atoms with E-state index in [-0.39, 0.29) is 0 Å². The standard InChI is InChI=1S/C46H30N4S/c1-5-15-31(16-6-1)49(32-17-7-2-8-18-32)35-25-26-36-39(29-35)44-38(24-14-27-47-44)43-42-37-23-13-28-48-45(37)40(30-41(42)51-46(36)43)50(33-19-9-3-10-20-33)34-21-11-4-12-22-34/h1-30H. The van der Waals surface area contributed by atoms with Gasteiger partial charge in [-0.3, -0.25) is 9.97 Å². The number of rotatable bonds is 6. The molecule has 10 aromatic rings. The highest BCUT2D eigenvalue weighted by Gasteiger charge is 2.23. The number of hydrogen-bond acceptors (Lipinski definition) is 5. The highest BCUT2D eigenvalue weighted by atomic mass is 32.1. The van der Waals surface area contributed by atoms with Gasteiger partial charge in [-0.1, -0.05) is 91.0 Å². The van der Waals surface area contributed by atoms with Gasteiger partial charge in [0.05, 0.1) is 16.7 Å². The van der Waals surface area contributed by atoms with Crippen LogP contribution in [-0.2, 0) is 0 Å². The van der Waals surface area contributed by atoms with Gasteiger partial charge in [0.15, 0.2) is 0 Å². The van der Waals surface area contributed by atoms with Gasteiger partial charge in [-0.15, -0.1) is 11.3 Å². The molecule has 0 fully saturated rings. The highest BCUT2D eigenvalue weighted by molar-refractivity contribution is 7.27. The first kappa shape index (κ1) is 29.4. The average molecular weight is 671 g/mol. The minimum Gasteiger partial charge on any atom is -0.310 e. The van der Waals surface area contributed by atoms with Crippen LogP contribution in [0.25, 0.3) is 52.8 Å². The van der Waals surface area contributed by atoms with Crippen LogP contribution in [0, 0.1) is 0 Å². The lowest BCUT2D eigenvalue weighted by atomic mass is 9.97. The molecule has 240 valence electrons. The van der Waals surface area contributed by atoms with E-state index in [0.29, 0.717) is 0 Å². The third-order valence-electron chi connectivity index (χ3n) is 9.66. The maximum Gasteiger partial charge on any atom is 0.0949 e. The van der Waals surface area contributed by atoms with Crippen LogP contribution in [0.3, 0.4) is 0 Å². The second kappa shape index (κ2) is 12.1. The fourth-order valence-electron chi connectivity index (χ4n) is 7.51. The first-order valence-corrected chi connectivity index (χ1v) is 17.9. The third kappa shape index (κ3) is 4.82. The molecule has 0 radical (unpaired) electrons. The molecule has 0 saturated carbocycles. The number of thiophene rings is 1. The van der Waals surface area contributed by atoms with Gasteiger partial charge in [-0.2, -0.15) is 0 Å². The summed E-state index contributed by atoms with van der Waals surface area (Å²) in [6.07, 6.45) is 3.82. The smallest absolute Gasteiger partial charge is 0.0949 e. The van der Waals surface area contributed by atoms with Gasteiger partial charge in [0, 0.05) is 82.5 Å². The Balaban J connectivity index is 1.28. The second-order valence-electron chi connectivity index (χ2n) is 12.6. The molecule has 0 bridgehead atoms. The topological polar surface area (TPSA) is 32.3 Å². The van der Waals surface area contributed by atoms with Crippen LogP contribution in [0.5, 0.6) is 0 Å². The Hall–Kier alpha value is -6.56. The van der Waals surface area contributed by atoms with Crippen molar-refractivity contribution in [1.29, 1.82) is 0 Å². The number of benzene rings is 7. The zero-order chi connectivity index (χ0) is 33.7. The lowest BCUT2D eigenvalue weighted by molar-refractivity contribution is 1.28. The summed E-state index contributed by atoms with van der Waals surface area (Å²) in [6.45, 7) is 0. The maximum absolute atomic E-state index is 5.06. The van der Waals surface area contributed by atoms with E-state index < -0.39 is 0 Å². The molecule has 5 heteroatoms. The molecule has 51 heavy (non-hydrogen) atoms. The van der Waals surface area contributed by atoms with E-state index in [1.165, 1.54) is 25.6 Å². The average Bonchev–Trinajstić information content (AvgIpc) is 3.60. The molecule has 10 rings (SSSR count). The number of anilines is 6. The zero-order valence-corrected chi connectivity index (χ0v) is 28.3. The summed E-state index contributed by atoms with van der Waals surface area (Å²) >= 11 is 1.85.